The normalized spacial score (nSPS) is 28.0. The molecule has 0 aliphatic heterocycles. The predicted octanol–water partition coefficient (Wildman–Crippen LogP) is 2.89. The van der Waals surface area contributed by atoms with Crippen LogP contribution < -0.4 is 11.1 Å². The number of nitrogens with one attached hydrogen (secondary N) is 1. The Balaban J connectivity index is 2.96. The average Bonchev–Trinajstić information content (AvgIpc) is 2.20. The molecule has 108 valence electrons. The average molecular weight is 266 g/mol. The summed E-state index contributed by atoms with van der Waals surface area (Å²) in [6.45, 7) is 13.5. The van der Waals surface area contributed by atoms with Crippen LogP contribution in [0.15, 0.2) is 22.8 Å². The molecule has 2 unspecified atom stereocenters. The Bertz CT molecular complexity index is 444. The van der Waals surface area contributed by atoms with Gasteiger partial charge in [-0.1, -0.05) is 17.2 Å². The SMILES string of the molecule is CC1=CC(C)(NC(=O)OC(C)(C)C)C(C)=C(C)C1N. The summed E-state index contributed by atoms with van der Waals surface area (Å²) >= 11 is 0. The van der Waals surface area contributed by atoms with E-state index in [-0.39, 0.29) is 6.04 Å². The first-order chi connectivity index (χ1) is 8.46. The van der Waals surface area contributed by atoms with Crippen molar-refractivity contribution in [2.75, 3.05) is 0 Å². The number of hydrogen-bond donors (Lipinski definition) is 2. The van der Waals surface area contributed by atoms with Crippen molar-refractivity contribution in [3.05, 3.63) is 22.8 Å². The largest absolute Gasteiger partial charge is 0.444 e. The van der Waals surface area contributed by atoms with E-state index in [9.17, 15) is 4.79 Å². The Kier molecular flexibility index (Phi) is 4.15. The van der Waals surface area contributed by atoms with E-state index < -0.39 is 17.2 Å². The molecule has 3 N–H and O–H groups in total. The number of carbonyl (C=O) groups is 1. The highest BCUT2D eigenvalue weighted by Crippen LogP contribution is 2.31. The van der Waals surface area contributed by atoms with E-state index in [1.807, 2.05) is 54.5 Å². The molecule has 4 heteroatoms. The molecule has 1 aliphatic rings. The number of rotatable bonds is 1. The second kappa shape index (κ2) is 5.00. The van der Waals surface area contributed by atoms with Gasteiger partial charge in [0.2, 0.25) is 0 Å². The summed E-state index contributed by atoms with van der Waals surface area (Å²) < 4.78 is 5.32. The first-order valence-corrected chi connectivity index (χ1v) is 6.60. The molecule has 2 atom stereocenters. The van der Waals surface area contributed by atoms with Crippen molar-refractivity contribution in [3.63, 3.8) is 0 Å². The van der Waals surface area contributed by atoms with E-state index in [1.54, 1.807) is 0 Å². The molecule has 1 rings (SSSR count). The molecule has 0 fully saturated rings. The Morgan fingerprint density at radius 2 is 1.89 bits per heavy atom. The molecular formula is C15H26N2O2. The highest BCUT2D eigenvalue weighted by molar-refractivity contribution is 5.70. The van der Waals surface area contributed by atoms with Crippen LogP contribution in [0.25, 0.3) is 0 Å². The van der Waals surface area contributed by atoms with Crippen LogP contribution >= 0.6 is 0 Å². The van der Waals surface area contributed by atoms with Gasteiger partial charge in [-0.25, -0.2) is 4.79 Å². The zero-order valence-corrected chi connectivity index (χ0v) is 13.0. The number of hydrogen-bond acceptors (Lipinski definition) is 3. The summed E-state index contributed by atoms with van der Waals surface area (Å²) in [7, 11) is 0. The van der Waals surface area contributed by atoms with E-state index in [4.69, 9.17) is 10.5 Å². The van der Waals surface area contributed by atoms with E-state index in [2.05, 4.69) is 5.32 Å². The quantitative estimate of drug-likeness (QED) is 0.717. The lowest BCUT2D eigenvalue weighted by Crippen LogP contribution is -2.50. The van der Waals surface area contributed by atoms with Crippen molar-refractivity contribution in [2.45, 2.75) is 65.6 Å². The lowest BCUT2D eigenvalue weighted by molar-refractivity contribution is 0.0495. The van der Waals surface area contributed by atoms with Gasteiger partial charge in [-0.2, -0.15) is 0 Å². The van der Waals surface area contributed by atoms with Crippen molar-refractivity contribution < 1.29 is 9.53 Å². The predicted molar refractivity (Wildman–Crippen MR) is 77.9 cm³/mol. The smallest absolute Gasteiger partial charge is 0.408 e. The Labute approximate surface area is 116 Å². The van der Waals surface area contributed by atoms with Gasteiger partial charge < -0.3 is 15.8 Å². The van der Waals surface area contributed by atoms with Gasteiger partial charge in [-0.15, -0.1) is 0 Å². The maximum Gasteiger partial charge on any atom is 0.408 e. The fourth-order valence-electron chi connectivity index (χ4n) is 2.28. The molecule has 0 radical (unpaired) electrons. The first-order valence-electron chi connectivity index (χ1n) is 6.60. The Morgan fingerprint density at radius 3 is 2.37 bits per heavy atom. The highest BCUT2D eigenvalue weighted by atomic mass is 16.6. The zero-order chi connectivity index (χ0) is 15.0. The van der Waals surface area contributed by atoms with E-state index >= 15 is 0 Å². The van der Waals surface area contributed by atoms with E-state index in [0.717, 1.165) is 16.7 Å². The fourth-order valence-corrected chi connectivity index (χ4v) is 2.28. The van der Waals surface area contributed by atoms with Crippen LogP contribution in [-0.2, 0) is 4.74 Å². The van der Waals surface area contributed by atoms with Crippen LogP contribution in [0.3, 0.4) is 0 Å². The van der Waals surface area contributed by atoms with Crippen LogP contribution in [0.1, 0.15) is 48.5 Å². The maximum atomic E-state index is 12.0. The van der Waals surface area contributed by atoms with E-state index in [1.165, 1.54) is 0 Å². The number of ether oxygens (including phenoxy) is 1. The minimum Gasteiger partial charge on any atom is -0.444 e. The fraction of sp³-hybridized carbons (Fsp3) is 0.667. The number of alkyl carbamates (subject to hydrolysis) is 1. The number of amides is 1. The third-order valence-electron chi connectivity index (χ3n) is 3.60. The molecule has 0 heterocycles. The molecule has 1 amide bonds. The molecule has 0 saturated carbocycles. The first kappa shape index (κ1) is 15.8. The minimum atomic E-state index is -0.535. The van der Waals surface area contributed by atoms with Crippen LogP contribution in [-0.4, -0.2) is 23.3 Å². The zero-order valence-electron chi connectivity index (χ0n) is 13.0. The summed E-state index contributed by atoms with van der Waals surface area (Å²) in [5.41, 5.74) is 8.28. The van der Waals surface area contributed by atoms with Gasteiger partial charge in [0.25, 0.3) is 0 Å². The third-order valence-corrected chi connectivity index (χ3v) is 3.60. The van der Waals surface area contributed by atoms with Crippen molar-refractivity contribution in [3.8, 4) is 0 Å². The van der Waals surface area contributed by atoms with Crippen molar-refractivity contribution >= 4 is 6.09 Å². The Hall–Kier alpha value is -1.29. The number of carbonyl (C=O) groups excluding carboxylic acids is 1. The molecular weight excluding hydrogens is 240 g/mol. The van der Waals surface area contributed by atoms with Gasteiger partial charge in [0, 0.05) is 6.04 Å². The van der Waals surface area contributed by atoms with Crippen LogP contribution in [0.5, 0.6) is 0 Å². The molecule has 4 nitrogen and oxygen atoms in total. The number of nitrogens with two attached hydrogens (primary N) is 1. The van der Waals surface area contributed by atoms with Gasteiger partial charge >= 0.3 is 6.09 Å². The standard InChI is InChI=1S/C15H26N2O2/c1-9-8-15(7,11(3)10(2)12(9)16)17-13(18)19-14(4,5)6/h8,12H,16H2,1-7H3,(H,17,18). The van der Waals surface area contributed by atoms with E-state index in [0.29, 0.717) is 0 Å². The van der Waals surface area contributed by atoms with Gasteiger partial charge in [0.05, 0.1) is 5.54 Å². The lowest BCUT2D eigenvalue weighted by atomic mass is 9.79. The lowest BCUT2D eigenvalue weighted by Gasteiger charge is -2.37. The maximum absolute atomic E-state index is 12.0. The third kappa shape index (κ3) is 3.60. The van der Waals surface area contributed by atoms with Crippen molar-refractivity contribution in [1.82, 2.24) is 5.32 Å². The summed E-state index contributed by atoms with van der Waals surface area (Å²) in [5, 5.41) is 2.93. The molecule has 0 saturated heterocycles. The summed E-state index contributed by atoms with van der Waals surface area (Å²) in [4.78, 5) is 12.0. The monoisotopic (exact) mass is 266 g/mol. The van der Waals surface area contributed by atoms with Gasteiger partial charge in [0.15, 0.2) is 0 Å². The second-order valence-electron chi connectivity index (χ2n) is 6.50. The van der Waals surface area contributed by atoms with Crippen LogP contribution in [0.2, 0.25) is 0 Å². The molecule has 19 heavy (non-hydrogen) atoms. The van der Waals surface area contributed by atoms with Crippen molar-refractivity contribution in [1.29, 1.82) is 0 Å². The topological polar surface area (TPSA) is 64.3 Å². The molecule has 1 aliphatic carbocycles. The van der Waals surface area contributed by atoms with Gasteiger partial charge in [0.1, 0.15) is 5.60 Å². The Morgan fingerprint density at radius 1 is 1.37 bits per heavy atom. The molecule has 0 aromatic carbocycles. The van der Waals surface area contributed by atoms with Crippen molar-refractivity contribution in [2.24, 2.45) is 5.73 Å². The summed E-state index contributed by atoms with van der Waals surface area (Å²) in [5.74, 6) is 0. The summed E-state index contributed by atoms with van der Waals surface area (Å²) in [6, 6.07) is -0.0616. The van der Waals surface area contributed by atoms with Gasteiger partial charge in [-0.3, -0.25) is 0 Å². The second-order valence-corrected chi connectivity index (χ2v) is 6.50. The van der Waals surface area contributed by atoms with Gasteiger partial charge in [-0.05, 0) is 54.0 Å². The molecule has 0 spiro atoms. The highest BCUT2D eigenvalue weighted by Gasteiger charge is 2.34. The molecule has 0 aromatic rings. The summed E-state index contributed by atoms with van der Waals surface area (Å²) in [6.07, 6.45) is 1.59. The molecule has 0 bridgehead atoms. The van der Waals surface area contributed by atoms with Crippen LogP contribution in [0.4, 0.5) is 4.79 Å². The van der Waals surface area contributed by atoms with Crippen LogP contribution in [0, 0.1) is 0 Å². The molecule has 0 aromatic heterocycles. The minimum absolute atomic E-state index is 0.0616.